The van der Waals surface area contributed by atoms with Gasteiger partial charge in [0.1, 0.15) is 55.6 Å². The molecule has 31 nitrogen and oxygen atoms in total. The predicted octanol–water partition coefficient (Wildman–Crippen LogP) is 8.75. The van der Waals surface area contributed by atoms with Gasteiger partial charge in [-0.25, -0.2) is 4.79 Å². The molecule has 0 heterocycles. The molecule has 0 bridgehead atoms. The van der Waals surface area contributed by atoms with Crippen molar-refractivity contribution < 1.29 is 125 Å². The number of unbranched alkanes of at least 4 members (excludes halogenated alkanes) is 20. The van der Waals surface area contributed by atoms with Crippen LogP contribution in [0.5, 0.6) is 0 Å². The number of nitrogens with one attached hydrogen (secondary N) is 5. The van der Waals surface area contributed by atoms with E-state index in [0.717, 1.165) is 109 Å². The van der Waals surface area contributed by atoms with Crippen LogP contribution < -0.4 is 26.6 Å². The first kappa shape index (κ1) is 104. The van der Waals surface area contributed by atoms with E-state index in [4.69, 9.17) is 48.1 Å². The first-order valence-corrected chi connectivity index (χ1v) is 41.0. The summed E-state index contributed by atoms with van der Waals surface area (Å²) in [5.41, 5.74) is 0. The minimum absolute atomic E-state index is 0.00104. The van der Waals surface area contributed by atoms with Gasteiger partial charge in [0.15, 0.2) is 5.78 Å². The molecule has 0 aromatic heterocycles. The van der Waals surface area contributed by atoms with Gasteiger partial charge in [0, 0.05) is 115 Å². The Morgan fingerprint density at radius 1 is 0.279 bits per heavy atom. The second kappa shape index (κ2) is 74.7. The van der Waals surface area contributed by atoms with E-state index in [0.29, 0.717) is 96.7 Å². The molecule has 0 fully saturated rings. The van der Waals surface area contributed by atoms with E-state index >= 15 is 0 Å². The Morgan fingerprint density at radius 3 is 1.10 bits per heavy atom. The smallest absolute Gasteiger partial charge is 0.326 e. The molecule has 9 N–H and O–H groups in total. The number of rotatable bonds is 85. The van der Waals surface area contributed by atoms with Gasteiger partial charge in [-0.05, 0) is 84.0 Å². The maximum atomic E-state index is 13.0. The number of ketones is 5. The highest BCUT2D eigenvalue weighted by Gasteiger charge is 2.25. The lowest BCUT2D eigenvalue weighted by atomic mass is 9.87. The van der Waals surface area contributed by atoms with Gasteiger partial charge in [-0.3, -0.25) is 62.3 Å². The van der Waals surface area contributed by atoms with Crippen LogP contribution in [-0.4, -0.2) is 241 Å². The molecule has 31 heteroatoms. The molecule has 0 spiro atoms. The maximum absolute atomic E-state index is 13.0. The average molecular weight is 1590 g/mol. The molecular formula is C80H139N5O26. The summed E-state index contributed by atoms with van der Waals surface area (Å²) < 4.78 is 43.4. The largest absolute Gasteiger partial charge is 0.481 e. The summed E-state index contributed by atoms with van der Waals surface area (Å²) >= 11 is 0. The van der Waals surface area contributed by atoms with Gasteiger partial charge in [0.2, 0.25) is 29.5 Å². The lowest BCUT2D eigenvalue weighted by molar-refractivity contribution is -0.144. The lowest BCUT2D eigenvalue weighted by Crippen LogP contribution is -2.41. The van der Waals surface area contributed by atoms with Crippen LogP contribution in [0.4, 0.5) is 0 Å². The maximum Gasteiger partial charge on any atom is 0.326 e. The Kier molecular flexibility index (Phi) is 70.1. The lowest BCUT2D eigenvalue weighted by Gasteiger charge is -2.16. The number of Topliss-reactive ketones (excluding diaryl/α,β-unsaturated/α-hetero) is 5. The first-order chi connectivity index (χ1) is 53.5. The van der Waals surface area contributed by atoms with Gasteiger partial charge in [-0.2, -0.15) is 0 Å². The molecule has 0 rings (SSSR count). The van der Waals surface area contributed by atoms with Crippen molar-refractivity contribution in [2.24, 2.45) is 17.8 Å². The number of amides is 5. The molecule has 111 heavy (non-hydrogen) atoms. The van der Waals surface area contributed by atoms with E-state index in [9.17, 15) is 77.3 Å². The van der Waals surface area contributed by atoms with Gasteiger partial charge in [-0.1, -0.05) is 122 Å². The summed E-state index contributed by atoms with van der Waals surface area (Å²) in [7, 11) is 0. The van der Waals surface area contributed by atoms with E-state index in [1.165, 1.54) is 6.92 Å². The molecule has 0 aromatic carbocycles. The number of carbonyl (C=O) groups is 14. The normalized spacial score (nSPS) is 12.3. The molecule has 0 saturated heterocycles. The third kappa shape index (κ3) is 72.0. The molecule has 0 aromatic rings. The minimum Gasteiger partial charge on any atom is -0.481 e. The summed E-state index contributed by atoms with van der Waals surface area (Å²) in [6, 6.07) is -1.14. The van der Waals surface area contributed by atoms with Crippen molar-refractivity contribution in [3.63, 3.8) is 0 Å². The molecule has 0 saturated carbocycles. The molecular weight excluding hydrogens is 1450 g/mol. The molecule has 0 aliphatic heterocycles. The third-order valence-corrected chi connectivity index (χ3v) is 18.4. The second-order valence-corrected chi connectivity index (χ2v) is 28.4. The van der Waals surface area contributed by atoms with Crippen LogP contribution in [0.15, 0.2) is 0 Å². The van der Waals surface area contributed by atoms with Crippen molar-refractivity contribution in [2.75, 3.05) is 132 Å². The monoisotopic (exact) mass is 1590 g/mol. The fourth-order valence-corrected chi connectivity index (χ4v) is 11.7. The summed E-state index contributed by atoms with van der Waals surface area (Å²) in [5, 5.41) is 50.0. The van der Waals surface area contributed by atoms with Crippen molar-refractivity contribution in [1.82, 2.24) is 26.6 Å². The van der Waals surface area contributed by atoms with Gasteiger partial charge in [-0.15, -0.1) is 0 Å². The highest BCUT2D eigenvalue weighted by Crippen LogP contribution is 2.21. The summed E-state index contributed by atoms with van der Waals surface area (Å²) in [5.74, 6) is -7.39. The van der Waals surface area contributed by atoms with Gasteiger partial charge >= 0.3 is 23.9 Å². The quantitative estimate of drug-likeness (QED) is 0.0257. The number of aliphatic carboxylic acids is 4. The summed E-state index contributed by atoms with van der Waals surface area (Å²) in [4.78, 5) is 168. The summed E-state index contributed by atoms with van der Waals surface area (Å²) in [6.45, 7) is 6.51. The molecule has 5 amide bonds. The Hall–Kier alpha value is -6.74. The number of carboxylic acids is 4. The van der Waals surface area contributed by atoms with Crippen LogP contribution in [0.25, 0.3) is 0 Å². The molecule has 0 unspecified atom stereocenters. The first-order valence-electron chi connectivity index (χ1n) is 41.0. The van der Waals surface area contributed by atoms with Crippen LogP contribution >= 0.6 is 0 Å². The SMILES string of the molecule is CC(=O)[C@H](CCCCNC(=O)COCCOCCNC(=O)COCCOCCCC(=O)CC[C@H](NC(=O)CCCCCCCCCCCCC(=O)O)C(=O)O)CC(=O)[C@@H](C)CCCCNC(=O)COCCOCCCC(=O)COCCOCCNC(=O)CC[C@H](CC(=O)CCCCCCCCCCCCC(=O)O)C(=O)O. The van der Waals surface area contributed by atoms with Crippen LogP contribution in [0.2, 0.25) is 0 Å². The van der Waals surface area contributed by atoms with Gasteiger partial charge in [0.25, 0.3) is 0 Å². The molecule has 0 radical (unpaired) electrons. The Morgan fingerprint density at radius 2 is 0.658 bits per heavy atom. The van der Waals surface area contributed by atoms with Gasteiger partial charge < -0.3 is 84.9 Å². The second-order valence-electron chi connectivity index (χ2n) is 28.4. The van der Waals surface area contributed by atoms with Crippen molar-refractivity contribution in [3.8, 4) is 0 Å². The number of carboxylic acid groups (broad SMARTS) is 4. The highest BCUT2D eigenvalue weighted by molar-refractivity contribution is 5.88. The number of hydrogen-bond donors (Lipinski definition) is 9. The van der Waals surface area contributed by atoms with Crippen molar-refractivity contribution >= 4 is 82.3 Å². The van der Waals surface area contributed by atoms with Crippen LogP contribution in [0.3, 0.4) is 0 Å². The zero-order valence-corrected chi connectivity index (χ0v) is 67.0. The van der Waals surface area contributed by atoms with E-state index in [1.807, 2.05) is 6.92 Å². The molecule has 0 aliphatic rings. The Balaban J connectivity index is 3.83. The molecule has 640 valence electrons. The third-order valence-electron chi connectivity index (χ3n) is 18.4. The van der Waals surface area contributed by atoms with Crippen LogP contribution in [0.1, 0.15) is 271 Å². The standard InChI is InChI=1S/C80H139N5O26/c1-63(29-23-25-41-81-74(93)60-109-54-50-105-46-28-33-69(89)59-108-53-51-106-47-43-83-72(91)40-37-66(79(100)101)57-68(88)31-19-15-11-7-3-5-9-13-17-21-35-77(96)97)71(90)58-65(64(2)86)30-24-26-42-82-75(94)61-111-56-52-107-48-44-84-76(95)62-110-55-49-104-45-27-32-67(87)38-39-70(80(102)103)85-73(92)34-20-16-12-8-4-6-10-14-18-22-36-78(98)99/h63,65-66,70H,3-62H2,1-2H3,(H,81,93)(H,82,94)(H,83,91)(H,84,95)(H,85,92)(H,96,97)(H,98,99)(H,100,101)(H,102,103)/t63-,65+,66+,70-/m0/s1. The Labute approximate surface area is 658 Å². The number of carbonyl (C=O) groups excluding carboxylic acids is 10. The van der Waals surface area contributed by atoms with E-state index in [1.54, 1.807) is 0 Å². The zero-order chi connectivity index (χ0) is 82.0. The Bertz CT molecular complexity index is 2560. The topological polar surface area (TPSA) is 454 Å². The minimum atomic E-state index is -1.19. The molecule has 0 aliphatic carbocycles. The predicted molar refractivity (Wildman–Crippen MR) is 413 cm³/mol. The van der Waals surface area contributed by atoms with Crippen LogP contribution in [-0.2, 0) is 105 Å². The van der Waals surface area contributed by atoms with E-state index in [-0.39, 0.29) is 247 Å². The molecule has 4 atom stereocenters. The van der Waals surface area contributed by atoms with Gasteiger partial charge in [0.05, 0.1) is 72.0 Å². The van der Waals surface area contributed by atoms with Crippen molar-refractivity contribution in [3.05, 3.63) is 0 Å². The zero-order valence-electron chi connectivity index (χ0n) is 67.0. The summed E-state index contributed by atoms with van der Waals surface area (Å²) in [6.07, 6.45) is 25.4. The van der Waals surface area contributed by atoms with Crippen LogP contribution in [0, 0.1) is 17.8 Å². The van der Waals surface area contributed by atoms with E-state index < -0.39 is 41.8 Å². The fourth-order valence-electron chi connectivity index (χ4n) is 11.7. The van der Waals surface area contributed by atoms with Crippen molar-refractivity contribution in [2.45, 2.75) is 277 Å². The number of ether oxygens (including phenoxy) is 8. The average Bonchev–Trinajstić information content (AvgIpc) is 0.928. The number of hydrogen-bond acceptors (Lipinski definition) is 22. The van der Waals surface area contributed by atoms with Crippen molar-refractivity contribution in [1.29, 1.82) is 0 Å². The van der Waals surface area contributed by atoms with E-state index in [2.05, 4.69) is 26.6 Å². The highest BCUT2D eigenvalue weighted by atomic mass is 16.5. The fraction of sp³-hybridized carbons (Fsp3) is 0.825.